The van der Waals surface area contributed by atoms with Crippen LogP contribution in [0.3, 0.4) is 0 Å². The molecule has 0 heterocycles. The zero-order valence-corrected chi connectivity index (χ0v) is 15.8. The Morgan fingerprint density at radius 2 is 1.32 bits per heavy atom. The van der Waals surface area contributed by atoms with E-state index in [1.165, 1.54) is 30.8 Å². The second kappa shape index (κ2) is 11.9. The van der Waals surface area contributed by atoms with Crippen molar-refractivity contribution in [1.29, 1.82) is 0 Å². The molecule has 4 aliphatic rings. The standard InChI is InChI=1S/C10H16.C5H10O6S.C2H6.CH4/c1-7-2-9-4-8(1)5-10(3-7)6-9;1-10-5(6)4-11-2-3-12(7,8)9;1-2;/h7-10H,1-6H2;2-4H2,1H3,(H,7,8,9);1-2H3;1H4/p-1. The third-order valence-electron chi connectivity index (χ3n) is 4.93. The van der Waals surface area contributed by atoms with Crippen LogP contribution in [0, 0.1) is 23.7 Å². The minimum absolute atomic E-state index is 0. The van der Waals surface area contributed by atoms with Crippen molar-refractivity contribution in [3.05, 3.63) is 0 Å². The molecule has 4 fully saturated rings. The van der Waals surface area contributed by atoms with Crippen LogP contribution in [0.4, 0.5) is 0 Å². The predicted octanol–water partition coefficient (Wildman–Crippen LogP) is 3.22. The molecule has 0 aliphatic heterocycles. The fraction of sp³-hybridized carbons (Fsp3) is 0.944. The summed E-state index contributed by atoms with van der Waals surface area (Å²) in [5.74, 6) is 3.46. The molecule has 0 aromatic heterocycles. The largest absolute Gasteiger partial charge is 0.748 e. The molecule has 25 heavy (non-hydrogen) atoms. The normalized spacial score (nSPS) is 28.6. The van der Waals surface area contributed by atoms with Crippen molar-refractivity contribution in [2.75, 3.05) is 26.1 Å². The molecular formula is C18H35O6S-. The van der Waals surface area contributed by atoms with E-state index in [0.29, 0.717) is 0 Å². The fourth-order valence-corrected chi connectivity index (χ4v) is 4.68. The van der Waals surface area contributed by atoms with Crippen molar-refractivity contribution in [2.45, 2.75) is 59.8 Å². The molecule has 0 amide bonds. The van der Waals surface area contributed by atoms with Crippen LogP contribution in [-0.4, -0.2) is 45.0 Å². The zero-order valence-electron chi connectivity index (χ0n) is 15.0. The van der Waals surface area contributed by atoms with E-state index in [9.17, 15) is 17.8 Å². The molecule has 0 atom stereocenters. The van der Waals surface area contributed by atoms with Gasteiger partial charge < -0.3 is 14.0 Å². The first-order valence-electron chi connectivity index (χ1n) is 8.94. The van der Waals surface area contributed by atoms with Gasteiger partial charge in [0.05, 0.1) is 29.6 Å². The lowest BCUT2D eigenvalue weighted by Gasteiger charge is -2.49. The average Bonchev–Trinajstić information content (AvgIpc) is 2.52. The maximum Gasteiger partial charge on any atom is 0.331 e. The second-order valence-electron chi connectivity index (χ2n) is 6.77. The summed E-state index contributed by atoms with van der Waals surface area (Å²) in [6.45, 7) is 3.37. The molecule has 6 nitrogen and oxygen atoms in total. The summed E-state index contributed by atoms with van der Waals surface area (Å²) in [5.41, 5.74) is 0. The number of carbonyl (C=O) groups excluding carboxylic acids is 1. The monoisotopic (exact) mass is 379 g/mol. The number of esters is 1. The maximum absolute atomic E-state index is 10.4. The van der Waals surface area contributed by atoms with Crippen LogP contribution in [-0.2, 0) is 24.4 Å². The molecule has 0 saturated heterocycles. The van der Waals surface area contributed by atoms with E-state index in [1.54, 1.807) is 38.5 Å². The quantitative estimate of drug-likeness (QED) is 0.414. The molecule has 4 aliphatic carbocycles. The first-order chi connectivity index (χ1) is 11.4. The third kappa shape index (κ3) is 9.56. The Balaban J connectivity index is 0.000000406. The molecule has 0 aromatic rings. The fourth-order valence-electron chi connectivity index (χ4n) is 4.36. The molecule has 150 valence electrons. The summed E-state index contributed by atoms with van der Waals surface area (Å²) in [6, 6.07) is 0. The van der Waals surface area contributed by atoms with E-state index in [4.69, 9.17) is 0 Å². The number of methoxy groups -OCH3 is 1. The van der Waals surface area contributed by atoms with Crippen LogP contribution in [0.2, 0.25) is 0 Å². The van der Waals surface area contributed by atoms with Gasteiger partial charge in [0.25, 0.3) is 0 Å². The average molecular weight is 380 g/mol. The van der Waals surface area contributed by atoms with Crippen molar-refractivity contribution >= 4 is 16.1 Å². The van der Waals surface area contributed by atoms with Crippen LogP contribution < -0.4 is 0 Å². The lowest BCUT2D eigenvalue weighted by atomic mass is 9.56. The van der Waals surface area contributed by atoms with Gasteiger partial charge in [-0.1, -0.05) is 21.3 Å². The van der Waals surface area contributed by atoms with E-state index in [0.717, 1.165) is 0 Å². The van der Waals surface area contributed by atoms with Crippen molar-refractivity contribution in [2.24, 2.45) is 23.7 Å². The van der Waals surface area contributed by atoms with Gasteiger partial charge in [-0.05, 0) is 62.2 Å². The van der Waals surface area contributed by atoms with Crippen LogP contribution in [0.1, 0.15) is 59.8 Å². The smallest absolute Gasteiger partial charge is 0.331 e. The van der Waals surface area contributed by atoms with Gasteiger partial charge in [-0.2, -0.15) is 0 Å². The number of hydrogen-bond acceptors (Lipinski definition) is 6. The molecule has 0 N–H and O–H groups in total. The van der Waals surface area contributed by atoms with E-state index >= 15 is 0 Å². The molecule has 0 aromatic carbocycles. The first-order valence-corrected chi connectivity index (χ1v) is 10.5. The molecule has 4 rings (SSSR count). The van der Waals surface area contributed by atoms with Crippen LogP contribution in [0.25, 0.3) is 0 Å². The second-order valence-corrected chi connectivity index (χ2v) is 8.29. The van der Waals surface area contributed by atoms with Gasteiger partial charge in [-0.15, -0.1) is 0 Å². The summed E-state index contributed by atoms with van der Waals surface area (Å²) >= 11 is 0. The van der Waals surface area contributed by atoms with Gasteiger partial charge in [-0.25, -0.2) is 13.2 Å². The van der Waals surface area contributed by atoms with E-state index in [-0.39, 0.29) is 20.6 Å². The Morgan fingerprint density at radius 3 is 1.60 bits per heavy atom. The summed E-state index contributed by atoms with van der Waals surface area (Å²) in [4.78, 5) is 10.4. The maximum atomic E-state index is 10.4. The summed E-state index contributed by atoms with van der Waals surface area (Å²) in [7, 11) is -3.08. The van der Waals surface area contributed by atoms with Crippen molar-refractivity contribution in [1.82, 2.24) is 0 Å². The minimum Gasteiger partial charge on any atom is -0.748 e. The number of carbonyl (C=O) groups is 1. The Morgan fingerprint density at radius 1 is 0.960 bits per heavy atom. The summed E-state index contributed by atoms with van der Waals surface area (Å²) < 4.78 is 38.7. The van der Waals surface area contributed by atoms with E-state index in [1.807, 2.05) is 13.8 Å². The Labute approximate surface area is 153 Å². The Kier molecular flexibility index (Phi) is 11.5. The number of hydrogen-bond donors (Lipinski definition) is 0. The molecule has 0 spiro atoms. The predicted molar refractivity (Wildman–Crippen MR) is 97.1 cm³/mol. The Bertz CT molecular complexity index is 417. The van der Waals surface area contributed by atoms with Gasteiger partial charge in [-0.3, -0.25) is 0 Å². The molecule has 0 radical (unpaired) electrons. The van der Waals surface area contributed by atoms with Crippen molar-refractivity contribution in [3.8, 4) is 0 Å². The number of ether oxygens (including phenoxy) is 2. The van der Waals surface area contributed by atoms with E-state index < -0.39 is 21.8 Å². The molecular weight excluding hydrogens is 344 g/mol. The van der Waals surface area contributed by atoms with E-state index in [2.05, 4.69) is 9.47 Å². The third-order valence-corrected chi connectivity index (χ3v) is 5.59. The summed E-state index contributed by atoms with van der Waals surface area (Å²) in [5, 5.41) is 0. The van der Waals surface area contributed by atoms with Gasteiger partial charge >= 0.3 is 5.97 Å². The lowest BCUT2D eigenvalue weighted by Crippen LogP contribution is -2.38. The van der Waals surface area contributed by atoms with Crippen LogP contribution >= 0.6 is 0 Å². The first kappa shape index (κ1) is 24.3. The van der Waals surface area contributed by atoms with Gasteiger partial charge in [0.15, 0.2) is 0 Å². The van der Waals surface area contributed by atoms with Crippen LogP contribution in [0.15, 0.2) is 0 Å². The zero-order chi connectivity index (χ0) is 18.2. The lowest BCUT2D eigenvalue weighted by molar-refractivity contribution is -0.145. The molecule has 7 heteroatoms. The topological polar surface area (TPSA) is 92.7 Å². The minimum atomic E-state index is -4.26. The van der Waals surface area contributed by atoms with Crippen molar-refractivity contribution in [3.63, 3.8) is 0 Å². The Hall–Kier alpha value is -0.660. The highest BCUT2D eigenvalue weighted by Crippen LogP contribution is 2.53. The van der Waals surface area contributed by atoms with Crippen LogP contribution in [0.5, 0.6) is 0 Å². The van der Waals surface area contributed by atoms with Gasteiger partial charge in [0.2, 0.25) is 0 Å². The van der Waals surface area contributed by atoms with Gasteiger partial charge in [0.1, 0.15) is 6.61 Å². The van der Waals surface area contributed by atoms with Gasteiger partial charge in [0, 0.05) is 0 Å². The molecule has 0 unspecified atom stereocenters. The SMILES string of the molecule is C.C1C2CC3CC1CC(C2)C3.CC.COC(=O)COCCS(=O)(=O)[O-]. The molecule has 4 saturated carbocycles. The molecule has 4 bridgehead atoms. The number of rotatable bonds is 5. The summed E-state index contributed by atoms with van der Waals surface area (Å²) in [6.07, 6.45) is 9.62. The highest BCUT2D eigenvalue weighted by molar-refractivity contribution is 7.85. The highest BCUT2D eigenvalue weighted by Gasteiger charge is 2.41. The highest BCUT2D eigenvalue weighted by atomic mass is 32.2. The van der Waals surface area contributed by atoms with Crippen molar-refractivity contribution < 1.29 is 27.2 Å².